The SMILES string of the molecule is Cc1ccc(S(=O)(=O)N2CCC3(CC2)N[C@@H](Cc2ccccc2)C(=O)N3C2CC2)cc1. The van der Waals surface area contributed by atoms with Crippen molar-refractivity contribution in [3.05, 3.63) is 65.7 Å². The Hall–Kier alpha value is -2.22. The van der Waals surface area contributed by atoms with Gasteiger partial charge in [-0.25, -0.2) is 8.42 Å². The van der Waals surface area contributed by atoms with Crippen LogP contribution in [-0.2, 0) is 21.2 Å². The number of nitrogens with zero attached hydrogens (tertiary/aromatic N) is 2. The molecule has 1 amide bonds. The van der Waals surface area contributed by atoms with E-state index in [0.29, 0.717) is 43.3 Å². The van der Waals surface area contributed by atoms with E-state index in [1.165, 1.54) is 0 Å². The minimum absolute atomic E-state index is 0.168. The number of rotatable bonds is 5. The first-order valence-corrected chi connectivity index (χ1v) is 12.5. The van der Waals surface area contributed by atoms with Crippen molar-refractivity contribution in [2.45, 2.75) is 61.7 Å². The fraction of sp³-hybridized carbons (Fsp3) is 0.458. The Kier molecular flexibility index (Phi) is 5.15. The van der Waals surface area contributed by atoms with Gasteiger partial charge >= 0.3 is 0 Å². The summed E-state index contributed by atoms with van der Waals surface area (Å²) in [5.74, 6) is 0.168. The van der Waals surface area contributed by atoms with E-state index >= 15 is 0 Å². The molecule has 164 valence electrons. The van der Waals surface area contributed by atoms with Gasteiger partial charge in [-0.15, -0.1) is 0 Å². The lowest BCUT2D eigenvalue weighted by Crippen LogP contribution is -2.60. The summed E-state index contributed by atoms with van der Waals surface area (Å²) in [7, 11) is -3.52. The average Bonchev–Trinajstić information content (AvgIpc) is 3.56. The molecular weight excluding hydrogens is 410 g/mol. The highest BCUT2D eigenvalue weighted by molar-refractivity contribution is 7.89. The number of amides is 1. The zero-order valence-corrected chi connectivity index (χ0v) is 18.6. The molecule has 3 aliphatic rings. The number of sulfonamides is 1. The van der Waals surface area contributed by atoms with Crippen molar-refractivity contribution in [3.63, 3.8) is 0 Å². The van der Waals surface area contributed by atoms with E-state index in [1.54, 1.807) is 16.4 Å². The van der Waals surface area contributed by atoms with Gasteiger partial charge < -0.3 is 4.90 Å². The first-order chi connectivity index (χ1) is 14.9. The Morgan fingerprint density at radius 1 is 1.00 bits per heavy atom. The van der Waals surface area contributed by atoms with E-state index in [4.69, 9.17) is 0 Å². The third-order valence-corrected chi connectivity index (χ3v) is 8.76. The van der Waals surface area contributed by atoms with Crippen LogP contribution in [0.3, 0.4) is 0 Å². The molecule has 2 aliphatic heterocycles. The van der Waals surface area contributed by atoms with Gasteiger partial charge in [-0.05, 0) is 56.7 Å². The fourth-order valence-corrected chi connectivity index (χ4v) is 6.47. The number of nitrogens with one attached hydrogen (secondary N) is 1. The second-order valence-corrected chi connectivity index (χ2v) is 11.0. The fourth-order valence-electron chi connectivity index (χ4n) is 5.03. The van der Waals surface area contributed by atoms with Crippen LogP contribution in [0.25, 0.3) is 0 Å². The highest BCUT2D eigenvalue weighted by Gasteiger charge is 2.56. The van der Waals surface area contributed by atoms with Crippen molar-refractivity contribution in [1.29, 1.82) is 0 Å². The molecule has 0 bridgehead atoms. The first-order valence-electron chi connectivity index (χ1n) is 11.1. The van der Waals surface area contributed by atoms with Gasteiger partial charge in [-0.3, -0.25) is 10.1 Å². The third-order valence-electron chi connectivity index (χ3n) is 6.84. The second kappa shape index (κ2) is 7.73. The van der Waals surface area contributed by atoms with E-state index < -0.39 is 15.7 Å². The van der Waals surface area contributed by atoms with Crippen molar-refractivity contribution in [1.82, 2.24) is 14.5 Å². The summed E-state index contributed by atoms with van der Waals surface area (Å²) in [4.78, 5) is 15.7. The summed E-state index contributed by atoms with van der Waals surface area (Å²) in [5, 5.41) is 3.65. The van der Waals surface area contributed by atoms with Crippen molar-refractivity contribution < 1.29 is 13.2 Å². The maximum absolute atomic E-state index is 13.3. The van der Waals surface area contributed by atoms with Gasteiger partial charge in [0.15, 0.2) is 0 Å². The number of carbonyl (C=O) groups excluding carboxylic acids is 1. The Morgan fingerprint density at radius 3 is 2.26 bits per heavy atom. The molecular formula is C24H29N3O3S. The smallest absolute Gasteiger partial charge is 0.243 e. The van der Waals surface area contributed by atoms with Crippen molar-refractivity contribution >= 4 is 15.9 Å². The Morgan fingerprint density at radius 2 is 1.65 bits per heavy atom. The second-order valence-electron chi connectivity index (χ2n) is 9.07. The molecule has 1 aliphatic carbocycles. The molecule has 2 aromatic rings. The standard InChI is InChI=1S/C24H29N3O3S/c1-18-7-11-21(12-8-18)31(29,30)26-15-13-24(14-16-26)25-22(17-19-5-3-2-4-6-19)23(28)27(24)20-9-10-20/h2-8,11-12,20,22,25H,9-10,13-17H2,1H3/t22-/m0/s1. The van der Waals surface area contributed by atoms with Crippen LogP contribution in [0.4, 0.5) is 0 Å². The minimum Gasteiger partial charge on any atom is -0.320 e. The van der Waals surface area contributed by atoms with Crippen molar-refractivity contribution in [3.8, 4) is 0 Å². The van der Waals surface area contributed by atoms with Crippen LogP contribution in [0.2, 0.25) is 0 Å². The lowest BCUT2D eigenvalue weighted by molar-refractivity contribution is -0.133. The molecule has 7 heteroatoms. The van der Waals surface area contributed by atoms with Gasteiger partial charge in [0.1, 0.15) is 0 Å². The molecule has 0 radical (unpaired) electrons. The van der Waals surface area contributed by atoms with E-state index in [2.05, 4.69) is 22.3 Å². The molecule has 3 fully saturated rings. The number of carbonyl (C=O) groups is 1. The molecule has 2 heterocycles. The number of hydrogen-bond donors (Lipinski definition) is 1. The molecule has 2 saturated heterocycles. The van der Waals surface area contributed by atoms with Gasteiger partial charge in [0.2, 0.25) is 15.9 Å². The summed E-state index contributed by atoms with van der Waals surface area (Å²) in [6.45, 7) is 2.78. The number of benzene rings is 2. The summed E-state index contributed by atoms with van der Waals surface area (Å²) >= 11 is 0. The quantitative estimate of drug-likeness (QED) is 0.778. The predicted octanol–water partition coefficient (Wildman–Crippen LogP) is 2.68. The van der Waals surface area contributed by atoms with Gasteiger partial charge in [0.25, 0.3) is 0 Å². The maximum atomic E-state index is 13.3. The lowest BCUT2D eigenvalue weighted by atomic mass is 9.97. The number of piperidine rings is 1. The Labute approximate surface area is 184 Å². The molecule has 6 nitrogen and oxygen atoms in total. The molecule has 1 atom stereocenters. The minimum atomic E-state index is -3.52. The molecule has 2 aromatic carbocycles. The molecule has 0 aromatic heterocycles. The largest absolute Gasteiger partial charge is 0.320 e. The lowest BCUT2D eigenvalue weighted by Gasteiger charge is -2.44. The van der Waals surface area contributed by atoms with Crippen LogP contribution >= 0.6 is 0 Å². The third kappa shape index (κ3) is 3.79. The molecule has 1 N–H and O–H groups in total. The van der Waals surface area contributed by atoms with Crippen LogP contribution in [0.15, 0.2) is 59.5 Å². The van der Waals surface area contributed by atoms with E-state index in [0.717, 1.165) is 24.0 Å². The van der Waals surface area contributed by atoms with Gasteiger partial charge in [-0.2, -0.15) is 4.31 Å². The van der Waals surface area contributed by atoms with Gasteiger partial charge in [0.05, 0.1) is 16.6 Å². The van der Waals surface area contributed by atoms with E-state index in [9.17, 15) is 13.2 Å². The predicted molar refractivity (Wildman–Crippen MR) is 119 cm³/mol. The van der Waals surface area contributed by atoms with E-state index in [1.807, 2.05) is 37.3 Å². The van der Waals surface area contributed by atoms with Crippen LogP contribution in [0.1, 0.15) is 36.8 Å². The van der Waals surface area contributed by atoms with Crippen LogP contribution in [0.5, 0.6) is 0 Å². The summed E-state index contributed by atoms with van der Waals surface area (Å²) in [6.07, 6.45) is 3.98. The zero-order chi connectivity index (χ0) is 21.6. The highest BCUT2D eigenvalue weighted by Crippen LogP contribution is 2.42. The van der Waals surface area contributed by atoms with Crippen LogP contribution in [0, 0.1) is 6.92 Å². The van der Waals surface area contributed by atoms with Crippen molar-refractivity contribution in [2.24, 2.45) is 0 Å². The number of hydrogen-bond acceptors (Lipinski definition) is 4. The summed E-state index contributed by atoms with van der Waals surface area (Å²) in [6, 6.07) is 17.2. The van der Waals surface area contributed by atoms with Gasteiger partial charge in [-0.1, -0.05) is 48.0 Å². The highest BCUT2D eigenvalue weighted by atomic mass is 32.2. The normalized spacial score (nSPS) is 24.1. The van der Waals surface area contributed by atoms with E-state index in [-0.39, 0.29) is 11.9 Å². The maximum Gasteiger partial charge on any atom is 0.243 e. The molecule has 1 spiro atoms. The van der Waals surface area contributed by atoms with Gasteiger partial charge in [0, 0.05) is 19.1 Å². The van der Waals surface area contributed by atoms with Crippen LogP contribution < -0.4 is 5.32 Å². The monoisotopic (exact) mass is 439 g/mol. The topological polar surface area (TPSA) is 69.7 Å². The van der Waals surface area contributed by atoms with Crippen LogP contribution in [-0.4, -0.2) is 54.4 Å². The molecule has 1 saturated carbocycles. The van der Waals surface area contributed by atoms with Crippen molar-refractivity contribution in [2.75, 3.05) is 13.1 Å². The first kappa shape index (κ1) is 20.7. The molecule has 5 rings (SSSR count). The zero-order valence-electron chi connectivity index (χ0n) is 17.8. The summed E-state index contributed by atoms with van der Waals surface area (Å²) in [5.41, 5.74) is 1.74. The Bertz CT molecular complexity index is 1060. The number of aryl methyl sites for hydroxylation is 1. The summed E-state index contributed by atoms with van der Waals surface area (Å²) < 4.78 is 27.8. The average molecular weight is 440 g/mol. The molecule has 0 unspecified atom stereocenters. The molecule has 31 heavy (non-hydrogen) atoms. The Balaban J connectivity index is 1.34.